The lowest BCUT2D eigenvalue weighted by Crippen LogP contribution is -2.16. The van der Waals surface area contributed by atoms with Crippen LogP contribution in [-0.4, -0.2) is 53.3 Å². The van der Waals surface area contributed by atoms with E-state index in [9.17, 15) is 29.4 Å². The number of hydrogen-bond donors (Lipinski definition) is 4. The van der Waals surface area contributed by atoms with Crippen LogP contribution >= 0.6 is 0 Å². The molecule has 5 rings (SSSR count). The Bertz CT molecular complexity index is 2320. The molecule has 0 fully saturated rings. The van der Waals surface area contributed by atoms with Gasteiger partial charge in [0, 0.05) is 23.5 Å². The van der Waals surface area contributed by atoms with Crippen LogP contribution in [0.3, 0.4) is 0 Å². The lowest BCUT2D eigenvalue weighted by molar-refractivity contribution is 0.0679. The van der Waals surface area contributed by atoms with E-state index in [4.69, 9.17) is 18.9 Å². The summed E-state index contributed by atoms with van der Waals surface area (Å²) in [5.74, 6) is -1.74. The topological polar surface area (TPSA) is 170 Å². The third kappa shape index (κ3) is 12.6. The second-order valence-electron chi connectivity index (χ2n) is 15.3. The fraction of sp³-hybridized carbons (Fsp3) is 0.306. The second-order valence-corrected chi connectivity index (χ2v) is 15.3. The minimum atomic E-state index is -1.16. The summed E-state index contributed by atoms with van der Waals surface area (Å²) in [5, 5.41) is 25.3. The first kappa shape index (κ1) is 45.3. The average Bonchev–Trinajstić information content (AvgIpc) is 3.24. The van der Waals surface area contributed by atoms with E-state index in [2.05, 4.69) is 38.3 Å². The highest BCUT2D eigenvalue weighted by Crippen LogP contribution is 2.34. The summed E-state index contributed by atoms with van der Waals surface area (Å²) in [6, 6.07) is 28.6. The van der Waals surface area contributed by atoms with Crippen molar-refractivity contribution in [3.8, 4) is 34.1 Å². The first-order chi connectivity index (χ1) is 29.3. The molecule has 0 saturated heterocycles. The molecule has 4 N–H and O–H groups in total. The first-order valence-electron chi connectivity index (χ1n) is 20.5. The fourth-order valence-corrected chi connectivity index (χ4v) is 5.98. The molecule has 2 atom stereocenters. The van der Waals surface area contributed by atoms with Crippen LogP contribution in [0.4, 0.5) is 11.4 Å². The predicted molar refractivity (Wildman–Crippen MR) is 236 cm³/mol. The van der Waals surface area contributed by atoms with E-state index < -0.39 is 23.8 Å². The average molecular weight is 831 g/mol. The molecule has 320 valence electrons. The number of anilines is 2. The highest BCUT2D eigenvalue weighted by atomic mass is 16.5. The van der Waals surface area contributed by atoms with E-state index in [0.717, 1.165) is 18.4 Å². The molecule has 12 heteroatoms. The Morgan fingerprint density at radius 1 is 0.574 bits per heavy atom. The van der Waals surface area contributed by atoms with Gasteiger partial charge < -0.3 is 39.8 Å². The molecule has 0 aliphatic carbocycles. The summed E-state index contributed by atoms with van der Waals surface area (Å²) in [6.07, 6.45) is 2.03. The Balaban J connectivity index is 1.44. The maximum absolute atomic E-state index is 13.9. The molecule has 12 nitrogen and oxygen atoms in total. The summed E-state index contributed by atoms with van der Waals surface area (Å²) in [5.41, 5.74) is 3.44. The van der Waals surface area contributed by atoms with Crippen molar-refractivity contribution in [3.05, 3.63) is 131 Å². The Morgan fingerprint density at radius 3 is 1.61 bits per heavy atom. The minimum Gasteiger partial charge on any atom is -0.493 e. The van der Waals surface area contributed by atoms with Crippen LogP contribution in [0, 0.1) is 11.8 Å². The van der Waals surface area contributed by atoms with E-state index in [-0.39, 0.29) is 52.4 Å². The van der Waals surface area contributed by atoms with E-state index in [0.29, 0.717) is 59.6 Å². The van der Waals surface area contributed by atoms with Gasteiger partial charge in [-0.25, -0.2) is 9.59 Å². The summed E-state index contributed by atoms with van der Waals surface area (Å²) in [4.78, 5) is 51.6. The maximum atomic E-state index is 13.9. The van der Waals surface area contributed by atoms with Crippen LogP contribution in [0.5, 0.6) is 23.0 Å². The Hall–Kier alpha value is -6.82. The number of carbonyl (C=O) groups is 4. The van der Waals surface area contributed by atoms with Crippen LogP contribution in [0.25, 0.3) is 11.1 Å². The zero-order valence-electron chi connectivity index (χ0n) is 35.5. The normalized spacial score (nSPS) is 11.9. The van der Waals surface area contributed by atoms with Gasteiger partial charge in [-0.1, -0.05) is 83.5 Å². The number of amides is 2. The number of hydrogen-bond acceptors (Lipinski definition) is 8. The molecule has 0 bridgehead atoms. The van der Waals surface area contributed by atoms with Crippen molar-refractivity contribution in [2.75, 3.05) is 23.8 Å². The highest BCUT2D eigenvalue weighted by molar-refractivity contribution is 6.08. The van der Waals surface area contributed by atoms with Gasteiger partial charge in [-0.2, -0.15) is 0 Å². The molecule has 0 radical (unpaired) electrons. The van der Waals surface area contributed by atoms with Crippen LogP contribution in [0.2, 0.25) is 0 Å². The molecular weight excluding hydrogens is 777 g/mol. The maximum Gasteiger partial charge on any atom is 0.339 e. The second kappa shape index (κ2) is 21.4. The molecule has 0 saturated carbocycles. The number of ether oxygens (including phenoxy) is 4. The van der Waals surface area contributed by atoms with Gasteiger partial charge in [-0.15, -0.1) is 0 Å². The van der Waals surface area contributed by atoms with Crippen LogP contribution in [-0.2, 0) is 6.61 Å². The monoisotopic (exact) mass is 830 g/mol. The smallest absolute Gasteiger partial charge is 0.339 e. The molecule has 0 heterocycles. The molecule has 5 aromatic carbocycles. The Labute approximate surface area is 356 Å². The van der Waals surface area contributed by atoms with Crippen molar-refractivity contribution in [2.24, 2.45) is 11.8 Å². The molecule has 61 heavy (non-hydrogen) atoms. The number of carbonyl (C=O) groups excluding carboxylic acids is 2. The third-order valence-electron chi connectivity index (χ3n) is 10.0. The molecule has 0 aromatic heterocycles. The first-order valence-corrected chi connectivity index (χ1v) is 20.5. The molecule has 5 aromatic rings. The van der Waals surface area contributed by atoms with Gasteiger partial charge in [0.25, 0.3) is 11.8 Å². The quantitative estimate of drug-likeness (QED) is 0.0558. The van der Waals surface area contributed by atoms with E-state index in [1.165, 1.54) is 36.4 Å². The molecule has 0 aliphatic heterocycles. The third-order valence-corrected chi connectivity index (χ3v) is 10.0. The van der Waals surface area contributed by atoms with Crippen molar-refractivity contribution in [1.29, 1.82) is 0 Å². The number of carboxylic acids is 2. The highest BCUT2D eigenvalue weighted by Gasteiger charge is 2.21. The number of benzene rings is 5. The Morgan fingerprint density at radius 2 is 1.08 bits per heavy atom. The fourth-order valence-electron chi connectivity index (χ4n) is 5.98. The summed E-state index contributed by atoms with van der Waals surface area (Å²) in [7, 11) is 0. The van der Waals surface area contributed by atoms with Crippen molar-refractivity contribution < 1.29 is 48.3 Å². The molecule has 2 amide bonds. The van der Waals surface area contributed by atoms with Gasteiger partial charge in [-0.3, -0.25) is 9.59 Å². The van der Waals surface area contributed by atoms with Gasteiger partial charge in [0.15, 0.2) is 0 Å². The standard InChI is InChI=1S/C49H54N2O10/c1-7-31(5)28-59-43-25-35(15-19-39(43)47(53)50-36-16-20-40(48(54)55)44(26-36)60-29-33-12-10-9-11-13-33)34-14-18-38(42(24-34)58-23-22-30(3)4)46(52)51-37-17-21-41(49(56)57)45(27-37)61-32(6)8-2/h9-21,24-27,30-32H,7-8,22-23,28-29H2,1-6H3,(H,50,53)(H,51,52)(H,54,55)(H,56,57). The van der Waals surface area contributed by atoms with Crippen LogP contribution in [0.15, 0.2) is 103 Å². The number of rotatable bonds is 21. The van der Waals surface area contributed by atoms with Gasteiger partial charge >= 0.3 is 11.9 Å². The summed E-state index contributed by atoms with van der Waals surface area (Å²) < 4.78 is 24.3. The van der Waals surface area contributed by atoms with Crippen LogP contribution < -0.4 is 29.6 Å². The summed E-state index contributed by atoms with van der Waals surface area (Å²) >= 11 is 0. The van der Waals surface area contributed by atoms with Gasteiger partial charge in [0.05, 0.1) is 30.4 Å². The Kier molecular flexibility index (Phi) is 15.9. The van der Waals surface area contributed by atoms with E-state index in [1.54, 1.807) is 36.4 Å². The minimum absolute atomic E-state index is 0.0102. The van der Waals surface area contributed by atoms with Crippen molar-refractivity contribution in [1.82, 2.24) is 0 Å². The zero-order valence-corrected chi connectivity index (χ0v) is 35.5. The van der Waals surface area contributed by atoms with E-state index in [1.807, 2.05) is 44.2 Å². The predicted octanol–water partition coefficient (Wildman–Crippen LogP) is 10.9. The SMILES string of the molecule is CCC(C)COc1cc(-c2ccc(C(=O)Nc3ccc(C(=O)O)c(OC(C)CC)c3)c(OCCC(C)C)c2)ccc1C(=O)Nc1ccc(C(=O)O)c(OCc2ccccc2)c1. The van der Waals surface area contributed by atoms with Crippen molar-refractivity contribution in [2.45, 2.75) is 73.5 Å². The lowest BCUT2D eigenvalue weighted by atomic mass is 10.00. The molecule has 0 spiro atoms. The largest absolute Gasteiger partial charge is 0.493 e. The number of carboxylic acid groups (broad SMARTS) is 2. The molecule has 2 unspecified atom stereocenters. The number of aromatic carboxylic acids is 2. The lowest BCUT2D eigenvalue weighted by Gasteiger charge is -2.18. The van der Waals surface area contributed by atoms with Crippen molar-refractivity contribution in [3.63, 3.8) is 0 Å². The van der Waals surface area contributed by atoms with Crippen LogP contribution in [0.1, 0.15) is 108 Å². The summed E-state index contributed by atoms with van der Waals surface area (Å²) in [6.45, 7) is 12.9. The molecule has 0 aliphatic rings. The van der Waals surface area contributed by atoms with Gasteiger partial charge in [0.1, 0.15) is 40.7 Å². The molecular formula is C49H54N2O10. The number of nitrogens with one attached hydrogen (secondary N) is 2. The van der Waals surface area contributed by atoms with Gasteiger partial charge in [-0.05, 0) is 96.8 Å². The van der Waals surface area contributed by atoms with E-state index >= 15 is 0 Å². The van der Waals surface area contributed by atoms with Crippen molar-refractivity contribution >= 4 is 35.1 Å². The zero-order chi connectivity index (χ0) is 44.1. The van der Waals surface area contributed by atoms with Gasteiger partial charge in [0.2, 0.25) is 0 Å².